The summed E-state index contributed by atoms with van der Waals surface area (Å²) in [7, 11) is 0. The third-order valence-electron chi connectivity index (χ3n) is 4.93. The van der Waals surface area contributed by atoms with Crippen molar-refractivity contribution in [2.75, 3.05) is 13.1 Å². The Labute approximate surface area is 156 Å². The minimum absolute atomic E-state index is 0.493. The summed E-state index contributed by atoms with van der Waals surface area (Å²) < 4.78 is 1.98. The number of guanidine groups is 1. The number of nitrogens with zero attached hydrogens (tertiary/aromatic N) is 4. The monoisotopic (exact) mass is 354 g/mol. The van der Waals surface area contributed by atoms with Crippen molar-refractivity contribution in [3.05, 3.63) is 42.5 Å². The van der Waals surface area contributed by atoms with Crippen molar-refractivity contribution >= 4 is 5.96 Å². The SMILES string of the molecule is CCNC(=NCc1nncn1-c1ccccc1)NCCCC1CCCC1. The topological polar surface area (TPSA) is 67.1 Å². The maximum atomic E-state index is 4.68. The number of hydrogen-bond acceptors (Lipinski definition) is 3. The van der Waals surface area contributed by atoms with E-state index in [1.54, 1.807) is 6.33 Å². The number of para-hydroxylation sites is 1. The lowest BCUT2D eigenvalue weighted by atomic mass is 10.0. The smallest absolute Gasteiger partial charge is 0.191 e. The van der Waals surface area contributed by atoms with Crippen LogP contribution in [0.2, 0.25) is 0 Å². The van der Waals surface area contributed by atoms with Crippen LogP contribution >= 0.6 is 0 Å². The van der Waals surface area contributed by atoms with E-state index < -0.39 is 0 Å². The number of rotatable bonds is 8. The molecule has 0 aliphatic heterocycles. The molecule has 2 N–H and O–H groups in total. The molecule has 140 valence electrons. The first-order valence-corrected chi connectivity index (χ1v) is 9.83. The molecule has 6 heteroatoms. The van der Waals surface area contributed by atoms with Crippen LogP contribution in [0, 0.1) is 5.92 Å². The zero-order valence-corrected chi connectivity index (χ0v) is 15.7. The summed E-state index contributed by atoms with van der Waals surface area (Å²) in [4.78, 5) is 4.68. The van der Waals surface area contributed by atoms with Gasteiger partial charge in [-0.25, -0.2) is 4.99 Å². The van der Waals surface area contributed by atoms with Crippen molar-refractivity contribution in [2.24, 2.45) is 10.9 Å². The first kappa shape index (κ1) is 18.4. The Hall–Kier alpha value is -2.37. The van der Waals surface area contributed by atoms with Crippen LogP contribution in [0.5, 0.6) is 0 Å². The van der Waals surface area contributed by atoms with E-state index in [9.17, 15) is 0 Å². The summed E-state index contributed by atoms with van der Waals surface area (Å²) in [5.74, 6) is 2.63. The Morgan fingerprint density at radius 2 is 2.00 bits per heavy atom. The van der Waals surface area contributed by atoms with Crippen molar-refractivity contribution < 1.29 is 0 Å². The summed E-state index contributed by atoms with van der Waals surface area (Å²) in [5.41, 5.74) is 1.05. The molecule has 2 aromatic rings. The number of nitrogens with one attached hydrogen (secondary N) is 2. The minimum Gasteiger partial charge on any atom is -0.357 e. The molecule has 0 spiro atoms. The van der Waals surface area contributed by atoms with Gasteiger partial charge in [0.1, 0.15) is 12.9 Å². The van der Waals surface area contributed by atoms with Crippen molar-refractivity contribution in [3.8, 4) is 5.69 Å². The zero-order valence-electron chi connectivity index (χ0n) is 15.7. The van der Waals surface area contributed by atoms with Crippen molar-refractivity contribution in [3.63, 3.8) is 0 Å². The Morgan fingerprint density at radius 3 is 2.77 bits per heavy atom. The van der Waals surface area contributed by atoms with Gasteiger partial charge < -0.3 is 10.6 Å². The summed E-state index contributed by atoms with van der Waals surface area (Å²) in [6.07, 6.45) is 9.95. The molecule has 1 aromatic heterocycles. The fraction of sp³-hybridized carbons (Fsp3) is 0.550. The van der Waals surface area contributed by atoms with E-state index in [1.807, 2.05) is 34.9 Å². The Kier molecular flexibility index (Phi) is 7.05. The highest BCUT2D eigenvalue weighted by Crippen LogP contribution is 2.28. The zero-order chi connectivity index (χ0) is 18.0. The molecular formula is C20H30N6. The van der Waals surface area contributed by atoms with Gasteiger partial charge in [-0.15, -0.1) is 10.2 Å². The van der Waals surface area contributed by atoms with E-state index >= 15 is 0 Å². The molecule has 0 radical (unpaired) electrons. The van der Waals surface area contributed by atoms with Crippen LogP contribution in [0.15, 0.2) is 41.7 Å². The summed E-state index contributed by atoms with van der Waals surface area (Å²) in [6.45, 7) is 4.39. The van der Waals surface area contributed by atoms with Crippen molar-refractivity contribution in [2.45, 2.75) is 52.0 Å². The molecule has 1 saturated carbocycles. The molecule has 0 saturated heterocycles. The molecule has 1 aliphatic carbocycles. The van der Waals surface area contributed by atoms with E-state index in [1.165, 1.54) is 38.5 Å². The average Bonchev–Trinajstić information content (AvgIpc) is 3.35. The third kappa shape index (κ3) is 5.31. The first-order chi connectivity index (χ1) is 12.9. The predicted molar refractivity (Wildman–Crippen MR) is 105 cm³/mol. The molecule has 0 bridgehead atoms. The molecule has 1 fully saturated rings. The van der Waals surface area contributed by atoms with Crippen molar-refractivity contribution in [1.82, 2.24) is 25.4 Å². The molecule has 0 amide bonds. The van der Waals surface area contributed by atoms with Crippen LogP contribution in [0.1, 0.15) is 51.3 Å². The quantitative estimate of drug-likeness (QED) is 0.434. The fourth-order valence-electron chi connectivity index (χ4n) is 3.56. The van der Waals surface area contributed by atoms with Gasteiger partial charge in [0, 0.05) is 18.8 Å². The highest BCUT2D eigenvalue weighted by atomic mass is 15.3. The fourth-order valence-corrected chi connectivity index (χ4v) is 3.56. The largest absolute Gasteiger partial charge is 0.357 e. The molecule has 0 atom stereocenters. The lowest BCUT2D eigenvalue weighted by Crippen LogP contribution is -2.37. The second-order valence-corrected chi connectivity index (χ2v) is 6.87. The number of benzene rings is 1. The lowest BCUT2D eigenvalue weighted by Gasteiger charge is -2.13. The molecule has 1 aromatic carbocycles. The van der Waals surface area contributed by atoms with Gasteiger partial charge in [-0.1, -0.05) is 43.9 Å². The normalized spacial score (nSPS) is 15.3. The maximum Gasteiger partial charge on any atom is 0.191 e. The van der Waals surface area contributed by atoms with Crippen LogP contribution in [-0.4, -0.2) is 33.8 Å². The van der Waals surface area contributed by atoms with Gasteiger partial charge in [-0.3, -0.25) is 4.57 Å². The van der Waals surface area contributed by atoms with Crippen LogP contribution < -0.4 is 10.6 Å². The van der Waals surface area contributed by atoms with Crippen molar-refractivity contribution in [1.29, 1.82) is 0 Å². The second kappa shape index (κ2) is 9.94. The second-order valence-electron chi connectivity index (χ2n) is 6.87. The predicted octanol–water partition coefficient (Wildman–Crippen LogP) is 3.29. The van der Waals surface area contributed by atoms with Gasteiger partial charge in [0.05, 0.1) is 0 Å². The lowest BCUT2D eigenvalue weighted by molar-refractivity contribution is 0.481. The average molecular weight is 355 g/mol. The summed E-state index contributed by atoms with van der Waals surface area (Å²) in [6, 6.07) is 10.1. The van der Waals surface area contributed by atoms with E-state index in [-0.39, 0.29) is 0 Å². The van der Waals surface area contributed by atoms with Gasteiger partial charge in [0.15, 0.2) is 11.8 Å². The Morgan fingerprint density at radius 1 is 1.19 bits per heavy atom. The third-order valence-corrected chi connectivity index (χ3v) is 4.93. The van der Waals surface area contributed by atoms with Crippen LogP contribution in [0.25, 0.3) is 5.69 Å². The van der Waals surface area contributed by atoms with E-state index in [0.717, 1.165) is 36.5 Å². The highest BCUT2D eigenvalue weighted by Gasteiger charge is 2.14. The first-order valence-electron chi connectivity index (χ1n) is 9.83. The van der Waals surface area contributed by atoms with Gasteiger partial charge in [-0.2, -0.15) is 0 Å². The van der Waals surface area contributed by atoms with E-state index in [2.05, 4.69) is 32.7 Å². The van der Waals surface area contributed by atoms with E-state index in [0.29, 0.717) is 6.54 Å². The van der Waals surface area contributed by atoms with Crippen LogP contribution in [0.3, 0.4) is 0 Å². The van der Waals surface area contributed by atoms with Gasteiger partial charge >= 0.3 is 0 Å². The number of hydrogen-bond donors (Lipinski definition) is 2. The van der Waals surface area contributed by atoms with Crippen LogP contribution in [-0.2, 0) is 6.54 Å². The van der Waals surface area contributed by atoms with Crippen LogP contribution in [0.4, 0.5) is 0 Å². The molecule has 0 unspecified atom stereocenters. The molecule has 1 heterocycles. The molecule has 26 heavy (non-hydrogen) atoms. The molecule has 3 rings (SSSR count). The number of aromatic nitrogens is 3. The van der Waals surface area contributed by atoms with Gasteiger partial charge in [0.25, 0.3) is 0 Å². The molecule has 1 aliphatic rings. The van der Waals surface area contributed by atoms with Gasteiger partial charge in [-0.05, 0) is 37.8 Å². The standard InChI is InChI=1S/C20H30N6/c1-2-21-20(22-14-8-11-17-9-6-7-10-17)23-15-19-25-24-16-26(19)18-12-4-3-5-13-18/h3-5,12-13,16-17H,2,6-11,14-15H2,1H3,(H2,21,22,23). The van der Waals surface area contributed by atoms with Gasteiger partial charge in [0.2, 0.25) is 0 Å². The Bertz CT molecular complexity index is 673. The summed E-state index contributed by atoms with van der Waals surface area (Å²) >= 11 is 0. The Balaban J connectivity index is 1.53. The summed E-state index contributed by atoms with van der Waals surface area (Å²) in [5, 5.41) is 15.0. The van der Waals surface area contributed by atoms with E-state index in [4.69, 9.17) is 0 Å². The molecular weight excluding hydrogens is 324 g/mol. The molecule has 6 nitrogen and oxygen atoms in total. The minimum atomic E-state index is 0.493. The maximum absolute atomic E-state index is 4.68. The number of aliphatic imine (C=N–C) groups is 1. The highest BCUT2D eigenvalue weighted by molar-refractivity contribution is 5.79.